The second-order valence-corrected chi connectivity index (χ2v) is 6.94. The summed E-state index contributed by atoms with van der Waals surface area (Å²) in [6, 6.07) is 10.1. The zero-order valence-electron chi connectivity index (χ0n) is 15.1. The molecular weight excluding hydrogens is 326 g/mol. The van der Waals surface area contributed by atoms with Crippen LogP contribution in [0, 0.1) is 0 Å². The summed E-state index contributed by atoms with van der Waals surface area (Å²) >= 11 is 0. The average Bonchev–Trinajstić information content (AvgIpc) is 2.61. The Morgan fingerprint density at radius 2 is 1.77 bits per heavy atom. The molecule has 26 heavy (non-hydrogen) atoms. The van der Waals surface area contributed by atoms with Crippen LogP contribution in [0.5, 0.6) is 0 Å². The first-order valence-electron chi connectivity index (χ1n) is 8.93. The molecule has 1 aromatic carbocycles. The number of hydrogen-bond donors (Lipinski definition) is 1. The van der Waals surface area contributed by atoms with Gasteiger partial charge in [0.05, 0.1) is 24.3 Å². The number of aromatic nitrogens is 3. The van der Waals surface area contributed by atoms with Crippen molar-refractivity contribution in [1.29, 1.82) is 0 Å². The predicted molar refractivity (Wildman–Crippen MR) is 102 cm³/mol. The number of anilines is 1. The number of nitrogens with zero attached hydrogens (tertiary/aromatic N) is 4. The van der Waals surface area contributed by atoms with Gasteiger partial charge in [-0.15, -0.1) is 0 Å². The van der Waals surface area contributed by atoms with Crippen molar-refractivity contribution in [1.82, 2.24) is 19.9 Å². The normalized spacial score (nSPS) is 21.2. The SMILES string of the molecule is CC1CN(Cc2nc(N)c3ccc(-c4ccncc4)cc3n2)CC(C)O1. The van der Waals surface area contributed by atoms with Gasteiger partial charge in [-0.2, -0.15) is 0 Å². The molecule has 4 rings (SSSR count). The van der Waals surface area contributed by atoms with E-state index in [-0.39, 0.29) is 12.2 Å². The Kier molecular flexibility index (Phi) is 4.53. The van der Waals surface area contributed by atoms with Crippen molar-refractivity contribution in [2.45, 2.75) is 32.6 Å². The van der Waals surface area contributed by atoms with Gasteiger partial charge in [-0.05, 0) is 49.2 Å². The summed E-state index contributed by atoms with van der Waals surface area (Å²) in [5.41, 5.74) is 9.28. The fraction of sp³-hybridized carbons (Fsp3) is 0.350. The van der Waals surface area contributed by atoms with E-state index in [0.29, 0.717) is 12.4 Å². The molecule has 1 aliphatic heterocycles. The van der Waals surface area contributed by atoms with Crippen LogP contribution >= 0.6 is 0 Å². The number of benzene rings is 1. The predicted octanol–water partition coefficient (Wildman–Crippen LogP) is 2.88. The summed E-state index contributed by atoms with van der Waals surface area (Å²) in [7, 11) is 0. The summed E-state index contributed by atoms with van der Waals surface area (Å²) in [6.07, 6.45) is 4.02. The van der Waals surface area contributed by atoms with Gasteiger partial charge >= 0.3 is 0 Å². The zero-order valence-corrected chi connectivity index (χ0v) is 15.1. The molecule has 1 saturated heterocycles. The maximum atomic E-state index is 6.20. The van der Waals surface area contributed by atoms with Crippen molar-refractivity contribution < 1.29 is 4.74 Å². The smallest absolute Gasteiger partial charge is 0.145 e. The second-order valence-electron chi connectivity index (χ2n) is 6.94. The van der Waals surface area contributed by atoms with E-state index in [2.05, 4.69) is 34.8 Å². The van der Waals surface area contributed by atoms with Crippen molar-refractivity contribution in [3.05, 3.63) is 48.5 Å². The van der Waals surface area contributed by atoms with Crippen LogP contribution in [0.1, 0.15) is 19.7 Å². The molecule has 0 saturated carbocycles. The quantitative estimate of drug-likeness (QED) is 0.783. The molecule has 2 unspecified atom stereocenters. The molecule has 0 amide bonds. The van der Waals surface area contributed by atoms with Crippen LogP contribution < -0.4 is 5.73 Å². The van der Waals surface area contributed by atoms with E-state index in [1.807, 2.05) is 24.3 Å². The van der Waals surface area contributed by atoms with Gasteiger partial charge in [0.2, 0.25) is 0 Å². The van der Waals surface area contributed by atoms with E-state index < -0.39 is 0 Å². The molecule has 0 aliphatic carbocycles. The monoisotopic (exact) mass is 349 g/mol. The minimum Gasteiger partial charge on any atom is -0.383 e. The summed E-state index contributed by atoms with van der Waals surface area (Å²) in [5, 5.41) is 0.885. The summed E-state index contributed by atoms with van der Waals surface area (Å²) in [6.45, 7) is 6.63. The highest BCUT2D eigenvalue weighted by Gasteiger charge is 2.23. The highest BCUT2D eigenvalue weighted by atomic mass is 16.5. The van der Waals surface area contributed by atoms with Gasteiger partial charge in [-0.1, -0.05) is 6.07 Å². The molecule has 134 valence electrons. The topological polar surface area (TPSA) is 77.2 Å². The van der Waals surface area contributed by atoms with Crippen molar-refractivity contribution in [2.75, 3.05) is 18.8 Å². The third-order valence-electron chi connectivity index (χ3n) is 4.65. The highest BCUT2D eigenvalue weighted by molar-refractivity contribution is 5.91. The molecule has 6 heteroatoms. The molecule has 2 atom stereocenters. The van der Waals surface area contributed by atoms with Crippen LogP contribution in [-0.2, 0) is 11.3 Å². The first-order chi connectivity index (χ1) is 12.6. The van der Waals surface area contributed by atoms with Gasteiger partial charge < -0.3 is 10.5 Å². The first-order valence-corrected chi connectivity index (χ1v) is 8.93. The fourth-order valence-corrected chi connectivity index (χ4v) is 3.61. The van der Waals surface area contributed by atoms with Crippen molar-refractivity contribution in [3.63, 3.8) is 0 Å². The molecule has 3 heterocycles. The first kappa shape index (κ1) is 16.9. The average molecular weight is 349 g/mol. The number of ether oxygens (including phenoxy) is 1. The zero-order chi connectivity index (χ0) is 18.1. The Morgan fingerprint density at radius 3 is 2.50 bits per heavy atom. The number of nitrogens with two attached hydrogens (primary N) is 1. The third kappa shape index (κ3) is 3.52. The Labute approximate surface area is 153 Å². The molecule has 1 fully saturated rings. The van der Waals surface area contributed by atoms with Crippen LogP contribution in [0.25, 0.3) is 22.0 Å². The van der Waals surface area contributed by atoms with E-state index in [9.17, 15) is 0 Å². The van der Waals surface area contributed by atoms with E-state index in [1.54, 1.807) is 12.4 Å². The van der Waals surface area contributed by atoms with Crippen molar-refractivity contribution >= 4 is 16.7 Å². The molecule has 2 aromatic heterocycles. The van der Waals surface area contributed by atoms with Crippen molar-refractivity contribution in [2.24, 2.45) is 0 Å². The highest BCUT2D eigenvalue weighted by Crippen LogP contribution is 2.26. The molecule has 3 aromatic rings. The number of rotatable bonds is 3. The van der Waals surface area contributed by atoms with E-state index >= 15 is 0 Å². The van der Waals surface area contributed by atoms with Gasteiger partial charge in [-0.25, -0.2) is 9.97 Å². The van der Waals surface area contributed by atoms with Crippen LogP contribution in [0.4, 0.5) is 5.82 Å². The minimum atomic E-state index is 0.217. The van der Waals surface area contributed by atoms with Crippen LogP contribution in [0.3, 0.4) is 0 Å². The van der Waals surface area contributed by atoms with Crippen molar-refractivity contribution in [3.8, 4) is 11.1 Å². The van der Waals surface area contributed by atoms with E-state index in [0.717, 1.165) is 40.9 Å². The summed E-state index contributed by atoms with van der Waals surface area (Å²) < 4.78 is 5.80. The standard InChI is InChI=1S/C20H23N5O/c1-13-10-25(11-14(2)26-13)12-19-23-18-9-16(15-5-7-22-8-6-15)3-4-17(18)20(21)24-19/h3-9,13-14H,10-12H2,1-2H3,(H2,21,23,24). The largest absolute Gasteiger partial charge is 0.383 e. The second kappa shape index (κ2) is 6.97. The number of hydrogen-bond acceptors (Lipinski definition) is 6. The number of pyridine rings is 1. The molecule has 0 radical (unpaired) electrons. The van der Waals surface area contributed by atoms with Gasteiger partial charge in [0.1, 0.15) is 11.6 Å². The van der Waals surface area contributed by atoms with E-state index in [4.69, 9.17) is 15.5 Å². The lowest BCUT2D eigenvalue weighted by Gasteiger charge is -2.34. The lowest BCUT2D eigenvalue weighted by molar-refractivity contribution is -0.0710. The van der Waals surface area contributed by atoms with Crippen LogP contribution in [-0.4, -0.2) is 45.1 Å². The number of fused-ring (bicyclic) bond motifs is 1. The van der Waals surface area contributed by atoms with Gasteiger partial charge in [0.25, 0.3) is 0 Å². The third-order valence-corrected chi connectivity index (χ3v) is 4.65. The lowest BCUT2D eigenvalue weighted by atomic mass is 10.1. The Hall–Kier alpha value is -2.57. The molecule has 1 aliphatic rings. The maximum absolute atomic E-state index is 6.20. The van der Waals surface area contributed by atoms with Gasteiger partial charge in [0.15, 0.2) is 0 Å². The number of nitrogen functional groups attached to an aromatic ring is 1. The Bertz CT molecular complexity index is 905. The van der Waals surface area contributed by atoms with Gasteiger partial charge in [-0.3, -0.25) is 9.88 Å². The van der Waals surface area contributed by atoms with Crippen LogP contribution in [0.15, 0.2) is 42.7 Å². The maximum Gasteiger partial charge on any atom is 0.145 e. The lowest BCUT2D eigenvalue weighted by Crippen LogP contribution is -2.45. The van der Waals surface area contributed by atoms with E-state index in [1.165, 1.54) is 0 Å². The Balaban J connectivity index is 1.66. The Morgan fingerprint density at radius 1 is 1.04 bits per heavy atom. The molecule has 6 nitrogen and oxygen atoms in total. The molecule has 0 spiro atoms. The number of morpholine rings is 1. The summed E-state index contributed by atoms with van der Waals surface area (Å²) in [5.74, 6) is 1.28. The molecular formula is C20H23N5O. The fourth-order valence-electron chi connectivity index (χ4n) is 3.61. The summed E-state index contributed by atoms with van der Waals surface area (Å²) in [4.78, 5) is 15.7. The van der Waals surface area contributed by atoms with Crippen LogP contribution in [0.2, 0.25) is 0 Å². The molecule has 0 bridgehead atoms. The minimum absolute atomic E-state index is 0.217. The van der Waals surface area contributed by atoms with Gasteiger partial charge in [0, 0.05) is 30.9 Å². The molecule has 2 N–H and O–H groups in total.